The van der Waals surface area contributed by atoms with Crippen molar-refractivity contribution in [2.24, 2.45) is 5.41 Å². The van der Waals surface area contributed by atoms with Crippen molar-refractivity contribution in [3.63, 3.8) is 0 Å². The lowest BCUT2D eigenvalue weighted by Crippen LogP contribution is -2.34. The van der Waals surface area contributed by atoms with Crippen molar-refractivity contribution in [1.82, 2.24) is 0 Å². The Hall–Kier alpha value is -1.22. The van der Waals surface area contributed by atoms with Crippen LogP contribution in [0.2, 0.25) is 0 Å². The Morgan fingerprint density at radius 3 is 2.70 bits per heavy atom. The van der Waals surface area contributed by atoms with Crippen LogP contribution < -0.4 is 9.47 Å². The zero-order valence-electron chi connectivity index (χ0n) is 13.2. The lowest BCUT2D eigenvalue weighted by Gasteiger charge is -2.35. The number of benzene rings is 1. The van der Waals surface area contributed by atoms with Crippen molar-refractivity contribution in [2.75, 3.05) is 6.61 Å². The predicted octanol–water partition coefficient (Wildman–Crippen LogP) is 4.10. The minimum absolute atomic E-state index is 0.267. The minimum Gasteiger partial charge on any atom is -0.493 e. The summed E-state index contributed by atoms with van der Waals surface area (Å²) in [5.41, 5.74) is 0.784. The maximum atomic E-state index is 10.1. The lowest BCUT2D eigenvalue weighted by molar-refractivity contribution is 0.0113. The molecule has 0 bridgehead atoms. The summed E-state index contributed by atoms with van der Waals surface area (Å²) in [6, 6.07) is 5.70. The molecular weight excluding hydrogens is 252 g/mol. The number of rotatable bonds is 3. The Morgan fingerprint density at radius 2 is 2.05 bits per heavy atom. The Morgan fingerprint density at radius 1 is 1.35 bits per heavy atom. The highest BCUT2D eigenvalue weighted by molar-refractivity contribution is 5.43. The first-order chi connectivity index (χ1) is 9.16. The average molecular weight is 278 g/mol. The summed E-state index contributed by atoms with van der Waals surface area (Å²) in [6.07, 6.45) is 1.15. The second-order valence-corrected chi connectivity index (χ2v) is 7.44. The summed E-state index contributed by atoms with van der Waals surface area (Å²) >= 11 is 0. The van der Waals surface area contributed by atoms with E-state index in [0.29, 0.717) is 13.0 Å². The van der Waals surface area contributed by atoms with Crippen LogP contribution in [0, 0.1) is 5.41 Å². The van der Waals surface area contributed by atoms with E-state index < -0.39 is 6.10 Å². The molecular formula is C17H26O3. The Balaban J connectivity index is 2.08. The topological polar surface area (TPSA) is 38.7 Å². The molecule has 0 radical (unpaired) electrons. The molecule has 3 heteroatoms. The Kier molecular flexibility index (Phi) is 4.01. The Labute approximate surface area is 121 Å². The van der Waals surface area contributed by atoms with Crippen LogP contribution in [0.4, 0.5) is 0 Å². The highest BCUT2D eigenvalue weighted by Crippen LogP contribution is 2.41. The number of hydrogen-bond acceptors (Lipinski definition) is 3. The standard InChI is InChI=1S/C17H26O3/c1-16(2,3)8-9-19-12-6-7-13-14(18)11-17(4,5)20-15(13)10-12/h6-7,10,14,18H,8-9,11H2,1-5H3. The fourth-order valence-electron chi connectivity index (χ4n) is 2.36. The molecule has 1 aromatic carbocycles. The van der Waals surface area contributed by atoms with E-state index in [1.54, 1.807) is 0 Å². The van der Waals surface area contributed by atoms with Crippen molar-refractivity contribution in [2.45, 2.75) is 59.2 Å². The molecule has 1 heterocycles. The molecule has 1 unspecified atom stereocenters. The molecule has 0 fully saturated rings. The molecule has 1 aromatic rings. The van der Waals surface area contributed by atoms with Gasteiger partial charge in [0, 0.05) is 18.1 Å². The van der Waals surface area contributed by atoms with Gasteiger partial charge in [0.1, 0.15) is 17.1 Å². The van der Waals surface area contributed by atoms with E-state index in [-0.39, 0.29) is 11.0 Å². The molecule has 112 valence electrons. The van der Waals surface area contributed by atoms with Crippen LogP contribution in [-0.4, -0.2) is 17.3 Å². The molecule has 0 saturated carbocycles. The second-order valence-electron chi connectivity index (χ2n) is 7.44. The predicted molar refractivity (Wildman–Crippen MR) is 80.3 cm³/mol. The second kappa shape index (κ2) is 5.28. The fourth-order valence-corrected chi connectivity index (χ4v) is 2.36. The summed E-state index contributed by atoms with van der Waals surface area (Å²) in [5, 5.41) is 10.1. The van der Waals surface area contributed by atoms with Gasteiger partial charge in [-0.15, -0.1) is 0 Å². The molecule has 1 N–H and O–H groups in total. The number of aliphatic hydroxyl groups is 1. The van der Waals surface area contributed by atoms with Crippen molar-refractivity contribution in [3.8, 4) is 11.5 Å². The molecule has 2 rings (SSSR count). The highest BCUT2D eigenvalue weighted by atomic mass is 16.5. The van der Waals surface area contributed by atoms with Crippen LogP contribution in [0.1, 0.15) is 59.1 Å². The summed E-state index contributed by atoms with van der Waals surface area (Å²) in [5.74, 6) is 1.54. The SMILES string of the molecule is CC(C)(C)CCOc1ccc2c(c1)OC(C)(C)CC2O. The zero-order chi connectivity index (χ0) is 15.0. The third-order valence-corrected chi connectivity index (χ3v) is 3.54. The van der Waals surface area contributed by atoms with Crippen LogP contribution in [0.15, 0.2) is 18.2 Å². The highest BCUT2D eigenvalue weighted by Gasteiger charge is 2.32. The quantitative estimate of drug-likeness (QED) is 0.904. The molecule has 0 aromatic heterocycles. The van der Waals surface area contributed by atoms with Crippen LogP contribution in [0.25, 0.3) is 0 Å². The first-order valence-corrected chi connectivity index (χ1v) is 7.30. The van der Waals surface area contributed by atoms with Gasteiger partial charge in [0.2, 0.25) is 0 Å². The third-order valence-electron chi connectivity index (χ3n) is 3.54. The molecule has 0 spiro atoms. The van der Waals surface area contributed by atoms with Gasteiger partial charge in [0.15, 0.2) is 0 Å². The minimum atomic E-state index is -0.461. The van der Waals surface area contributed by atoms with E-state index in [1.807, 2.05) is 32.0 Å². The van der Waals surface area contributed by atoms with Crippen molar-refractivity contribution < 1.29 is 14.6 Å². The molecule has 1 atom stereocenters. The van der Waals surface area contributed by atoms with E-state index in [9.17, 15) is 5.11 Å². The molecule has 20 heavy (non-hydrogen) atoms. The van der Waals surface area contributed by atoms with Gasteiger partial charge < -0.3 is 14.6 Å². The fraction of sp³-hybridized carbons (Fsp3) is 0.647. The molecule has 0 saturated heterocycles. The normalized spacial score (nSPS) is 21.0. The molecule has 0 amide bonds. The smallest absolute Gasteiger partial charge is 0.129 e. The van der Waals surface area contributed by atoms with Crippen molar-refractivity contribution >= 4 is 0 Å². The van der Waals surface area contributed by atoms with E-state index in [4.69, 9.17) is 9.47 Å². The van der Waals surface area contributed by atoms with E-state index in [2.05, 4.69) is 20.8 Å². The van der Waals surface area contributed by atoms with E-state index in [1.165, 1.54) is 0 Å². The Bertz CT molecular complexity index is 472. The van der Waals surface area contributed by atoms with E-state index >= 15 is 0 Å². The van der Waals surface area contributed by atoms with Crippen LogP contribution in [0.5, 0.6) is 11.5 Å². The summed E-state index contributed by atoms with van der Waals surface area (Å²) in [7, 11) is 0. The number of aliphatic hydroxyl groups excluding tert-OH is 1. The third kappa shape index (κ3) is 3.89. The van der Waals surface area contributed by atoms with Crippen molar-refractivity contribution in [1.29, 1.82) is 0 Å². The largest absolute Gasteiger partial charge is 0.493 e. The summed E-state index contributed by atoms with van der Waals surface area (Å²) < 4.78 is 11.7. The zero-order valence-corrected chi connectivity index (χ0v) is 13.2. The van der Waals surface area contributed by atoms with Gasteiger partial charge in [0.25, 0.3) is 0 Å². The first kappa shape index (κ1) is 15.2. The van der Waals surface area contributed by atoms with Crippen LogP contribution in [-0.2, 0) is 0 Å². The summed E-state index contributed by atoms with van der Waals surface area (Å²) in [6.45, 7) is 11.3. The van der Waals surface area contributed by atoms with Gasteiger partial charge in [-0.25, -0.2) is 0 Å². The maximum Gasteiger partial charge on any atom is 0.129 e. The molecule has 1 aliphatic rings. The van der Waals surface area contributed by atoms with Crippen molar-refractivity contribution in [3.05, 3.63) is 23.8 Å². The molecule has 3 nitrogen and oxygen atoms in total. The first-order valence-electron chi connectivity index (χ1n) is 7.30. The van der Waals surface area contributed by atoms with Crippen LogP contribution >= 0.6 is 0 Å². The van der Waals surface area contributed by atoms with Gasteiger partial charge in [0.05, 0.1) is 12.7 Å². The maximum absolute atomic E-state index is 10.1. The summed E-state index contributed by atoms with van der Waals surface area (Å²) in [4.78, 5) is 0. The van der Waals surface area contributed by atoms with Gasteiger partial charge in [-0.1, -0.05) is 20.8 Å². The molecule has 0 aliphatic carbocycles. The van der Waals surface area contributed by atoms with E-state index in [0.717, 1.165) is 23.5 Å². The number of fused-ring (bicyclic) bond motifs is 1. The van der Waals surface area contributed by atoms with Gasteiger partial charge in [-0.3, -0.25) is 0 Å². The molecule has 1 aliphatic heterocycles. The van der Waals surface area contributed by atoms with Crippen LogP contribution in [0.3, 0.4) is 0 Å². The number of ether oxygens (including phenoxy) is 2. The monoisotopic (exact) mass is 278 g/mol. The van der Waals surface area contributed by atoms with Gasteiger partial charge >= 0.3 is 0 Å². The average Bonchev–Trinajstić information content (AvgIpc) is 2.24. The van der Waals surface area contributed by atoms with Gasteiger partial charge in [-0.05, 0) is 37.8 Å². The number of hydrogen-bond donors (Lipinski definition) is 1. The van der Waals surface area contributed by atoms with Gasteiger partial charge in [-0.2, -0.15) is 0 Å². The lowest BCUT2D eigenvalue weighted by atomic mass is 9.92.